The summed E-state index contributed by atoms with van der Waals surface area (Å²) in [6.45, 7) is 0.871. The van der Waals surface area contributed by atoms with Gasteiger partial charge in [0.25, 0.3) is 0 Å². The molecule has 1 aliphatic rings. The fourth-order valence-electron chi connectivity index (χ4n) is 2.59. The first-order chi connectivity index (χ1) is 9.61. The molecule has 1 atom stereocenters. The first-order valence-electron chi connectivity index (χ1n) is 7.38. The van der Waals surface area contributed by atoms with Crippen molar-refractivity contribution in [2.24, 2.45) is 5.92 Å². The molecule has 0 aromatic rings. The van der Waals surface area contributed by atoms with Crippen LogP contribution in [0.25, 0.3) is 0 Å². The SMILES string of the molecule is COC(CNC(=O)NCCCC1CCCC1)CC(=O)O. The third kappa shape index (κ3) is 7.33. The number of aliphatic carboxylic acids is 1. The maximum atomic E-state index is 11.5. The van der Waals surface area contributed by atoms with Crippen LogP contribution >= 0.6 is 0 Å². The van der Waals surface area contributed by atoms with Crippen LogP contribution in [0.4, 0.5) is 4.79 Å². The summed E-state index contributed by atoms with van der Waals surface area (Å²) >= 11 is 0. The first-order valence-corrected chi connectivity index (χ1v) is 7.38. The molecule has 20 heavy (non-hydrogen) atoms. The van der Waals surface area contributed by atoms with Crippen molar-refractivity contribution in [1.82, 2.24) is 10.6 Å². The van der Waals surface area contributed by atoms with E-state index in [1.807, 2.05) is 0 Å². The van der Waals surface area contributed by atoms with Crippen LogP contribution in [0.1, 0.15) is 44.9 Å². The Kier molecular flexibility index (Phi) is 8.02. The molecule has 6 heteroatoms. The maximum Gasteiger partial charge on any atom is 0.314 e. The highest BCUT2D eigenvalue weighted by Gasteiger charge is 2.15. The largest absolute Gasteiger partial charge is 0.481 e. The van der Waals surface area contributed by atoms with E-state index in [2.05, 4.69) is 10.6 Å². The summed E-state index contributed by atoms with van der Waals surface area (Å²) in [6, 6.07) is -0.260. The van der Waals surface area contributed by atoms with Gasteiger partial charge in [-0.15, -0.1) is 0 Å². The molecule has 0 aromatic carbocycles. The number of nitrogens with one attached hydrogen (secondary N) is 2. The zero-order valence-electron chi connectivity index (χ0n) is 12.2. The first kappa shape index (κ1) is 16.8. The lowest BCUT2D eigenvalue weighted by atomic mass is 10.0. The molecule has 0 saturated heterocycles. The van der Waals surface area contributed by atoms with Gasteiger partial charge < -0.3 is 20.5 Å². The molecule has 1 saturated carbocycles. The van der Waals surface area contributed by atoms with Crippen molar-refractivity contribution < 1.29 is 19.4 Å². The number of carboxylic acid groups (broad SMARTS) is 1. The molecule has 0 aliphatic heterocycles. The van der Waals surface area contributed by atoms with E-state index in [0.717, 1.165) is 12.3 Å². The van der Waals surface area contributed by atoms with Gasteiger partial charge >= 0.3 is 12.0 Å². The van der Waals surface area contributed by atoms with Crippen LogP contribution in [0, 0.1) is 5.92 Å². The Morgan fingerprint density at radius 2 is 2.00 bits per heavy atom. The number of hydrogen-bond acceptors (Lipinski definition) is 3. The number of carbonyl (C=O) groups excluding carboxylic acids is 1. The van der Waals surface area contributed by atoms with E-state index in [9.17, 15) is 9.59 Å². The molecule has 1 fully saturated rings. The Morgan fingerprint density at radius 1 is 1.30 bits per heavy atom. The number of amides is 2. The topological polar surface area (TPSA) is 87.7 Å². The highest BCUT2D eigenvalue weighted by molar-refractivity contribution is 5.74. The molecular formula is C14H26N2O4. The molecular weight excluding hydrogens is 260 g/mol. The predicted molar refractivity (Wildman–Crippen MR) is 75.6 cm³/mol. The average Bonchev–Trinajstić information content (AvgIpc) is 2.92. The average molecular weight is 286 g/mol. The quantitative estimate of drug-likeness (QED) is 0.563. The van der Waals surface area contributed by atoms with Crippen molar-refractivity contribution >= 4 is 12.0 Å². The molecule has 0 bridgehead atoms. The van der Waals surface area contributed by atoms with Crippen LogP contribution in [0.15, 0.2) is 0 Å². The molecule has 0 spiro atoms. The van der Waals surface area contributed by atoms with Crippen molar-refractivity contribution in [3.8, 4) is 0 Å². The van der Waals surface area contributed by atoms with E-state index < -0.39 is 12.1 Å². The summed E-state index contributed by atoms with van der Waals surface area (Å²) in [5, 5.41) is 14.1. The Balaban J connectivity index is 2.02. The van der Waals surface area contributed by atoms with E-state index in [4.69, 9.17) is 9.84 Å². The minimum atomic E-state index is -0.935. The van der Waals surface area contributed by atoms with E-state index >= 15 is 0 Å². The third-order valence-electron chi connectivity index (χ3n) is 3.78. The molecule has 6 nitrogen and oxygen atoms in total. The zero-order valence-corrected chi connectivity index (χ0v) is 12.2. The predicted octanol–water partition coefficient (Wildman–Crippen LogP) is 1.75. The summed E-state index contributed by atoms with van der Waals surface area (Å²) in [5.41, 5.74) is 0. The number of hydrogen-bond donors (Lipinski definition) is 3. The second-order valence-electron chi connectivity index (χ2n) is 5.39. The molecule has 0 heterocycles. The van der Waals surface area contributed by atoms with Crippen LogP contribution in [-0.2, 0) is 9.53 Å². The molecule has 0 radical (unpaired) electrons. The summed E-state index contributed by atoms with van der Waals surface area (Å²) in [5.74, 6) is -0.0936. The number of carboxylic acids is 1. The Bertz CT molecular complexity index is 304. The Morgan fingerprint density at radius 3 is 2.60 bits per heavy atom. The van der Waals surface area contributed by atoms with Gasteiger partial charge in [-0.2, -0.15) is 0 Å². The van der Waals surface area contributed by atoms with E-state index in [1.54, 1.807) is 0 Å². The van der Waals surface area contributed by atoms with Crippen molar-refractivity contribution in [3.63, 3.8) is 0 Å². The second-order valence-corrected chi connectivity index (χ2v) is 5.39. The van der Waals surface area contributed by atoms with Gasteiger partial charge in [0.2, 0.25) is 0 Å². The van der Waals surface area contributed by atoms with Crippen LogP contribution in [0.2, 0.25) is 0 Å². The highest BCUT2D eigenvalue weighted by atomic mass is 16.5. The van der Waals surface area contributed by atoms with Gasteiger partial charge in [-0.3, -0.25) is 4.79 Å². The van der Waals surface area contributed by atoms with Crippen LogP contribution < -0.4 is 10.6 Å². The van der Waals surface area contributed by atoms with Gasteiger partial charge in [-0.25, -0.2) is 4.79 Å². The minimum absolute atomic E-state index is 0.113. The van der Waals surface area contributed by atoms with Gasteiger partial charge in [-0.05, 0) is 18.8 Å². The number of rotatable bonds is 9. The monoisotopic (exact) mass is 286 g/mol. The van der Waals surface area contributed by atoms with Gasteiger partial charge in [0.1, 0.15) is 0 Å². The lowest BCUT2D eigenvalue weighted by Crippen LogP contribution is -2.41. The Labute approximate surface area is 120 Å². The van der Waals surface area contributed by atoms with E-state index in [1.165, 1.54) is 39.2 Å². The molecule has 1 rings (SSSR count). The molecule has 0 aromatic heterocycles. The standard InChI is InChI=1S/C14H26N2O4/c1-20-12(9-13(17)18)10-16-14(19)15-8-4-7-11-5-2-3-6-11/h11-12H,2-10H2,1H3,(H,17,18)(H2,15,16,19). The smallest absolute Gasteiger partial charge is 0.314 e. The number of methoxy groups -OCH3 is 1. The molecule has 1 aliphatic carbocycles. The number of ether oxygens (including phenoxy) is 1. The fraction of sp³-hybridized carbons (Fsp3) is 0.857. The normalized spacial score (nSPS) is 16.9. The van der Waals surface area contributed by atoms with Gasteiger partial charge in [0.05, 0.1) is 12.5 Å². The fourth-order valence-corrected chi connectivity index (χ4v) is 2.59. The summed E-state index contributed by atoms with van der Waals surface area (Å²) in [6.07, 6.45) is 6.94. The van der Waals surface area contributed by atoms with Crippen molar-refractivity contribution in [1.29, 1.82) is 0 Å². The number of urea groups is 1. The van der Waals surface area contributed by atoms with Crippen molar-refractivity contribution in [2.45, 2.75) is 51.0 Å². The summed E-state index contributed by atoms with van der Waals surface area (Å²) in [7, 11) is 1.44. The molecule has 1 unspecified atom stereocenters. The molecule has 116 valence electrons. The lowest BCUT2D eigenvalue weighted by molar-refractivity contribution is -0.139. The van der Waals surface area contributed by atoms with Crippen molar-refractivity contribution in [2.75, 3.05) is 20.2 Å². The lowest BCUT2D eigenvalue weighted by Gasteiger charge is -2.14. The van der Waals surface area contributed by atoms with E-state index in [0.29, 0.717) is 6.54 Å². The third-order valence-corrected chi connectivity index (χ3v) is 3.78. The van der Waals surface area contributed by atoms with Gasteiger partial charge in [-0.1, -0.05) is 25.7 Å². The summed E-state index contributed by atoms with van der Waals surface area (Å²) in [4.78, 5) is 22.1. The van der Waals surface area contributed by atoms with Crippen LogP contribution in [-0.4, -0.2) is 43.4 Å². The van der Waals surface area contributed by atoms with Crippen LogP contribution in [0.5, 0.6) is 0 Å². The Hall–Kier alpha value is -1.30. The van der Waals surface area contributed by atoms with Crippen molar-refractivity contribution in [3.05, 3.63) is 0 Å². The second kappa shape index (κ2) is 9.58. The van der Waals surface area contributed by atoms with Gasteiger partial charge in [0.15, 0.2) is 0 Å². The zero-order chi connectivity index (χ0) is 14.8. The molecule has 2 amide bonds. The van der Waals surface area contributed by atoms with E-state index in [-0.39, 0.29) is 19.0 Å². The number of carbonyl (C=O) groups is 2. The highest BCUT2D eigenvalue weighted by Crippen LogP contribution is 2.28. The minimum Gasteiger partial charge on any atom is -0.481 e. The summed E-state index contributed by atoms with van der Waals surface area (Å²) < 4.78 is 4.98. The van der Waals surface area contributed by atoms with Gasteiger partial charge in [0, 0.05) is 20.2 Å². The van der Waals surface area contributed by atoms with Crippen LogP contribution in [0.3, 0.4) is 0 Å². The molecule has 3 N–H and O–H groups in total. The maximum absolute atomic E-state index is 11.5.